The summed E-state index contributed by atoms with van der Waals surface area (Å²) >= 11 is 1.56. The summed E-state index contributed by atoms with van der Waals surface area (Å²) in [6.45, 7) is 2.58. The average molecular weight is 613 g/mol. The number of alkyl halides is 3. The fraction of sp³-hybridized carbons (Fsp3) is 0.290. The van der Waals surface area contributed by atoms with Gasteiger partial charge >= 0.3 is 18.2 Å². The maximum atomic E-state index is 13.4. The summed E-state index contributed by atoms with van der Waals surface area (Å²) in [5, 5.41) is 15.5. The van der Waals surface area contributed by atoms with Crippen LogP contribution in [0.15, 0.2) is 76.7 Å². The van der Waals surface area contributed by atoms with E-state index in [-0.39, 0.29) is 22.9 Å². The van der Waals surface area contributed by atoms with Gasteiger partial charge in [0, 0.05) is 28.4 Å². The zero-order valence-electron chi connectivity index (χ0n) is 23.4. The van der Waals surface area contributed by atoms with Crippen molar-refractivity contribution in [1.29, 1.82) is 0 Å². The van der Waals surface area contributed by atoms with Crippen LogP contribution in [0.2, 0.25) is 0 Å². The van der Waals surface area contributed by atoms with E-state index in [1.165, 1.54) is 12.1 Å². The maximum Gasteiger partial charge on any atom is 0.416 e. The number of thioether (sulfide) groups is 1. The number of nitrogens with zero attached hydrogens (tertiary/aromatic N) is 2. The fourth-order valence-corrected chi connectivity index (χ4v) is 5.49. The number of hydrogen-bond acceptors (Lipinski definition) is 5. The van der Waals surface area contributed by atoms with Gasteiger partial charge in [-0.15, -0.1) is 11.8 Å². The molecule has 8 nitrogen and oxygen atoms in total. The molecule has 1 heterocycles. The Morgan fingerprint density at radius 1 is 1.00 bits per heavy atom. The summed E-state index contributed by atoms with van der Waals surface area (Å²) in [6, 6.07) is 15.6. The van der Waals surface area contributed by atoms with E-state index in [4.69, 9.17) is 5.11 Å². The molecular weight excluding hydrogens is 581 g/mol. The molecule has 4 rings (SSSR count). The highest BCUT2D eigenvalue weighted by molar-refractivity contribution is 7.99. The molecule has 0 saturated carbocycles. The number of urea groups is 1. The first-order valence-corrected chi connectivity index (χ1v) is 14.8. The van der Waals surface area contributed by atoms with E-state index < -0.39 is 23.7 Å². The van der Waals surface area contributed by atoms with Gasteiger partial charge in [-0.2, -0.15) is 18.3 Å². The molecule has 3 N–H and O–H groups in total. The summed E-state index contributed by atoms with van der Waals surface area (Å²) < 4.78 is 39.1. The Labute approximate surface area is 251 Å². The Kier molecular flexibility index (Phi) is 10.5. The number of carbonyl (C=O) groups excluding carboxylic acids is 2. The fourth-order valence-electron chi connectivity index (χ4n) is 4.55. The van der Waals surface area contributed by atoms with Crippen LogP contribution < -0.4 is 15.6 Å². The minimum Gasteiger partial charge on any atom is -0.478 e. The molecule has 3 aromatic rings. The van der Waals surface area contributed by atoms with Crippen molar-refractivity contribution in [3.63, 3.8) is 0 Å². The predicted molar refractivity (Wildman–Crippen MR) is 161 cm³/mol. The minimum absolute atomic E-state index is 0.0383. The van der Waals surface area contributed by atoms with E-state index in [1.807, 2.05) is 18.2 Å². The molecule has 3 aromatic carbocycles. The van der Waals surface area contributed by atoms with E-state index in [2.05, 4.69) is 22.8 Å². The third-order valence-electron chi connectivity index (χ3n) is 6.77. The molecule has 0 spiro atoms. The number of rotatable bonds is 12. The summed E-state index contributed by atoms with van der Waals surface area (Å²) in [6.07, 6.45) is -0.0137. The number of carbonyl (C=O) groups is 3. The van der Waals surface area contributed by atoms with Crippen LogP contribution in [0.5, 0.6) is 0 Å². The zero-order chi connectivity index (χ0) is 31.0. The van der Waals surface area contributed by atoms with Gasteiger partial charge < -0.3 is 15.3 Å². The lowest BCUT2D eigenvalue weighted by atomic mass is 10.1. The van der Waals surface area contributed by atoms with Gasteiger partial charge in [0.15, 0.2) is 5.71 Å². The largest absolute Gasteiger partial charge is 0.478 e. The van der Waals surface area contributed by atoms with Gasteiger partial charge in [0.25, 0.3) is 5.91 Å². The van der Waals surface area contributed by atoms with Crippen LogP contribution in [0.3, 0.4) is 0 Å². The highest BCUT2D eigenvalue weighted by atomic mass is 32.2. The van der Waals surface area contributed by atoms with Gasteiger partial charge in [-0.05, 0) is 66.9 Å². The highest BCUT2D eigenvalue weighted by Gasteiger charge is 2.34. The maximum absolute atomic E-state index is 13.4. The number of benzene rings is 3. The van der Waals surface area contributed by atoms with Crippen molar-refractivity contribution in [2.24, 2.45) is 5.10 Å². The molecule has 43 heavy (non-hydrogen) atoms. The topological polar surface area (TPSA) is 111 Å². The van der Waals surface area contributed by atoms with Gasteiger partial charge in [0.2, 0.25) is 0 Å². The number of hydrazone groups is 1. The quantitative estimate of drug-likeness (QED) is 0.114. The summed E-state index contributed by atoms with van der Waals surface area (Å²) in [4.78, 5) is 39.5. The van der Waals surface area contributed by atoms with Gasteiger partial charge in [-0.25, -0.2) is 15.0 Å². The van der Waals surface area contributed by atoms with Crippen LogP contribution in [0.4, 0.5) is 29.3 Å². The lowest BCUT2D eigenvalue weighted by Gasteiger charge is -2.17. The lowest BCUT2D eigenvalue weighted by molar-refractivity contribution is -0.137. The van der Waals surface area contributed by atoms with E-state index in [0.717, 1.165) is 48.3 Å². The number of nitrogens with one attached hydrogen (secondary N) is 2. The summed E-state index contributed by atoms with van der Waals surface area (Å²) in [5.41, 5.74) is 3.76. The summed E-state index contributed by atoms with van der Waals surface area (Å²) in [5.74, 6) is -0.649. The molecular formula is C31H31F3N4O4S. The molecule has 3 amide bonds. The molecule has 0 aromatic heterocycles. The van der Waals surface area contributed by atoms with Crippen molar-refractivity contribution in [2.45, 2.75) is 50.1 Å². The normalized spacial score (nSPS) is 13.7. The van der Waals surface area contributed by atoms with E-state index in [0.29, 0.717) is 30.0 Å². The number of halogens is 3. The van der Waals surface area contributed by atoms with Crippen LogP contribution in [-0.4, -0.2) is 41.0 Å². The first kappa shape index (κ1) is 31.6. The van der Waals surface area contributed by atoms with Gasteiger partial charge in [-0.1, -0.05) is 44.4 Å². The molecule has 1 aliphatic heterocycles. The Morgan fingerprint density at radius 2 is 1.77 bits per heavy atom. The minimum atomic E-state index is -4.56. The van der Waals surface area contributed by atoms with Crippen LogP contribution >= 0.6 is 11.8 Å². The lowest BCUT2D eigenvalue weighted by Crippen LogP contribution is -2.33. The Hall–Kier alpha value is -4.32. The number of aryl methyl sites for hydroxylation is 1. The van der Waals surface area contributed by atoms with Crippen LogP contribution in [0, 0.1) is 0 Å². The number of fused-ring (bicyclic) bond motifs is 1. The molecule has 0 radical (unpaired) electrons. The molecule has 0 unspecified atom stereocenters. The standard InChI is InChI=1S/C31H31F3N4O4S/c1-2-3-4-5-16-38-26-14-13-24(43-17-15-20-9-11-21(12-10-20)29(40)41)19-25(26)27(28(38)39)36-37-30(42)35-23-8-6-7-22(18-23)31(32,33)34/h6-14,18-19H,2-5,15-17H2,1H3,(H,40,41)(H2,35,37,42)/b36-27+. The van der Waals surface area contributed by atoms with E-state index in [9.17, 15) is 27.6 Å². The number of carboxylic acids is 1. The Morgan fingerprint density at radius 3 is 2.47 bits per heavy atom. The third kappa shape index (κ3) is 8.38. The number of unbranched alkanes of at least 4 members (excludes halogenated alkanes) is 3. The molecule has 0 saturated heterocycles. The summed E-state index contributed by atoms with van der Waals surface area (Å²) in [7, 11) is 0. The number of anilines is 2. The molecule has 0 aliphatic carbocycles. The second-order valence-electron chi connectivity index (χ2n) is 9.90. The zero-order valence-corrected chi connectivity index (χ0v) is 24.2. The van der Waals surface area contributed by atoms with Crippen LogP contribution in [0.25, 0.3) is 0 Å². The second kappa shape index (κ2) is 14.2. The van der Waals surface area contributed by atoms with Crippen molar-refractivity contribution in [3.8, 4) is 0 Å². The first-order valence-electron chi connectivity index (χ1n) is 13.8. The second-order valence-corrected chi connectivity index (χ2v) is 11.1. The van der Waals surface area contributed by atoms with Crippen molar-refractivity contribution in [3.05, 3.63) is 89.0 Å². The van der Waals surface area contributed by atoms with Crippen molar-refractivity contribution in [1.82, 2.24) is 5.43 Å². The predicted octanol–water partition coefficient (Wildman–Crippen LogP) is 7.19. The number of carboxylic acid groups (broad SMARTS) is 1. The number of amides is 3. The average Bonchev–Trinajstić information content (AvgIpc) is 3.23. The van der Waals surface area contributed by atoms with Gasteiger partial charge in [0.1, 0.15) is 0 Å². The van der Waals surface area contributed by atoms with E-state index >= 15 is 0 Å². The van der Waals surface area contributed by atoms with Crippen LogP contribution in [-0.2, 0) is 17.4 Å². The monoisotopic (exact) mass is 612 g/mol. The molecule has 0 atom stereocenters. The van der Waals surface area contributed by atoms with Crippen molar-refractivity contribution in [2.75, 3.05) is 22.5 Å². The van der Waals surface area contributed by atoms with Crippen LogP contribution in [0.1, 0.15) is 59.7 Å². The SMILES string of the molecule is CCCCCCN1C(=O)/C(=N/NC(=O)Nc2cccc(C(F)(F)F)c2)c2cc(SCCc3ccc(C(=O)O)cc3)ccc21. The molecule has 0 bridgehead atoms. The number of hydrogen-bond donors (Lipinski definition) is 3. The molecule has 12 heteroatoms. The number of aromatic carboxylic acids is 1. The molecule has 0 fully saturated rings. The molecule has 1 aliphatic rings. The van der Waals surface area contributed by atoms with Gasteiger partial charge in [0.05, 0.1) is 16.8 Å². The smallest absolute Gasteiger partial charge is 0.416 e. The Balaban J connectivity index is 1.48. The Bertz CT molecular complexity index is 1510. The third-order valence-corrected chi connectivity index (χ3v) is 7.77. The van der Waals surface area contributed by atoms with E-state index in [1.54, 1.807) is 40.9 Å². The van der Waals surface area contributed by atoms with Crippen molar-refractivity contribution >= 4 is 46.8 Å². The van der Waals surface area contributed by atoms with Crippen molar-refractivity contribution < 1.29 is 32.7 Å². The molecule has 226 valence electrons. The van der Waals surface area contributed by atoms with Gasteiger partial charge in [-0.3, -0.25) is 4.79 Å². The highest BCUT2D eigenvalue weighted by Crippen LogP contribution is 2.34. The first-order chi connectivity index (χ1) is 20.6.